The van der Waals surface area contributed by atoms with Crippen LogP contribution in [0.5, 0.6) is 0 Å². The van der Waals surface area contributed by atoms with E-state index in [0.717, 1.165) is 29.2 Å². The van der Waals surface area contributed by atoms with E-state index in [0.29, 0.717) is 18.3 Å². The highest BCUT2D eigenvalue weighted by Gasteiger charge is 2.37. The second-order valence-electron chi connectivity index (χ2n) is 8.36. The normalized spacial score (nSPS) is 21.1. The highest BCUT2D eigenvalue weighted by atomic mass is 35.5. The van der Waals surface area contributed by atoms with Crippen molar-refractivity contribution in [3.63, 3.8) is 0 Å². The van der Waals surface area contributed by atoms with E-state index in [-0.39, 0.29) is 11.9 Å². The number of benzene rings is 3. The second-order valence-corrected chi connectivity index (χ2v) is 8.80. The maximum Gasteiger partial charge on any atom is 0.224 e. The average Bonchev–Trinajstić information content (AvgIpc) is 3.29. The summed E-state index contributed by atoms with van der Waals surface area (Å²) in [4.78, 5) is 12.5. The van der Waals surface area contributed by atoms with E-state index in [1.54, 1.807) is 0 Å². The number of nitrogens with one attached hydrogen (secondary N) is 2. The zero-order chi connectivity index (χ0) is 21.2. The number of hydrogen-bond donors (Lipinski definition) is 2. The lowest BCUT2D eigenvalue weighted by Gasteiger charge is -2.37. The van der Waals surface area contributed by atoms with E-state index < -0.39 is 0 Å². The van der Waals surface area contributed by atoms with Crippen molar-refractivity contribution in [3.05, 3.63) is 107 Å². The smallest absolute Gasteiger partial charge is 0.224 e. The number of carbonyl (C=O) groups is 1. The fourth-order valence-electron chi connectivity index (χ4n) is 4.80. The van der Waals surface area contributed by atoms with Gasteiger partial charge in [0.15, 0.2) is 0 Å². The summed E-state index contributed by atoms with van der Waals surface area (Å²) in [6, 6.07) is 24.7. The van der Waals surface area contributed by atoms with Crippen LogP contribution in [0, 0.1) is 5.92 Å². The van der Waals surface area contributed by atoms with Crippen molar-refractivity contribution in [1.29, 1.82) is 0 Å². The van der Waals surface area contributed by atoms with Crippen LogP contribution >= 0.6 is 11.6 Å². The Labute approximate surface area is 188 Å². The van der Waals surface area contributed by atoms with E-state index in [1.807, 2.05) is 36.4 Å². The molecule has 2 aliphatic rings. The maximum absolute atomic E-state index is 12.5. The Morgan fingerprint density at radius 1 is 1.03 bits per heavy atom. The average molecular weight is 429 g/mol. The number of rotatable bonds is 5. The van der Waals surface area contributed by atoms with Crippen molar-refractivity contribution < 1.29 is 4.79 Å². The quantitative estimate of drug-likeness (QED) is 0.442. The Morgan fingerprint density at radius 2 is 1.84 bits per heavy atom. The fourth-order valence-corrected chi connectivity index (χ4v) is 4.92. The molecule has 0 bridgehead atoms. The molecule has 1 heterocycles. The minimum atomic E-state index is 0.0464. The number of carbonyl (C=O) groups excluding carboxylic acids is 1. The number of hydrogen-bond acceptors (Lipinski definition) is 2. The van der Waals surface area contributed by atoms with Gasteiger partial charge in [0.1, 0.15) is 0 Å². The van der Waals surface area contributed by atoms with Gasteiger partial charge in [0.25, 0.3) is 0 Å². The molecule has 3 nitrogen and oxygen atoms in total. The van der Waals surface area contributed by atoms with Crippen LogP contribution in [-0.2, 0) is 11.2 Å². The third kappa shape index (κ3) is 4.24. The number of halogens is 1. The first-order valence-corrected chi connectivity index (χ1v) is 11.2. The van der Waals surface area contributed by atoms with Crippen molar-refractivity contribution >= 4 is 28.9 Å². The van der Waals surface area contributed by atoms with Crippen LogP contribution in [0.4, 0.5) is 11.4 Å². The monoisotopic (exact) mass is 428 g/mol. The summed E-state index contributed by atoms with van der Waals surface area (Å²) in [6.07, 6.45) is 6.85. The zero-order valence-corrected chi connectivity index (χ0v) is 18.0. The Bertz CT molecular complexity index is 1110. The van der Waals surface area contributed by atoms with Gasteiger partial charge in [-0.15, -0.1) is 0 Å². The van der Waals surface area contributed by atoms with E-state index in [1.165, 1.54) is 16.7 Å². The molecular formula is C27H25ClN2O. The first-order valence-electron chi connectivity index (χ1n) is 10.8. The van der Waals surface area contributed by atoms with Crippen LogP contribution in [0.15, 0.2) is 84.9 Å². The molecule has 1 amide bonds. The van der Waals surface area contributed by atoms with Gasteiger partial charge in [-0.2, -0.15) is 0 Å². The zero-order valence-electron chi connectivity index (χ0n) is 17.2. The van der Waals surface area contributed by atoms with Gasteiger partial charge in [-0.05, 0) is 65.8 Å². The van der Waals surface area contributed by atoms with Crippen molar-refractivity contribution in [2.24, 2.45) is 5.92 Å². The van der Waals surface area contributed by atoms with Crippen LogP contribution in [-0.4, -0.2) is 5.91 Å². The molecule has 4 heteroatoms. The Morgan fingerprint density at radius 3 is 2.65 bits per heavy atom. The van der Waals surface area contributed by atoms with Crippen molar-refractivity contribution in [2.75, 3.05) is 10.6 Å². The molecule has 3 aromatic carbocycles. The molecule has 5 rings (SSSR count). The lowest BCUT2D eigenvalue weighted by molar-refractivity contribution is -0.116. The van der Waals surface area contributed by atoms with Crippen LogP contribution < -0.4 is 10.6 Å². The van der Waals surface area contributed by atoms with E-state index in [4.69, 9.17) is 11.6 Å². The fraction of sp³-hybridized carbons (Fsp3) is 0.222. The molecule has 0 saturated carbocycles. The molecule has 0 fully saturated rings. The molecule has 31 heavy (non-hydrogen) atoms. The topological polar surface area (TPSA) is 41.1 Å². The van der Waals surface area contributed by atoms with E-state index in [9.17, 15) is 4.79 Å². The van der Waals surface area contributed by atoms with Gasteiger partial charge in [-0.1, -0.05) is 66.2 Å². The third-order valence-electron chi connectivity index (χ3n) is 6.36. The van der Waals surface area contributed by atoms with Gasteiger partial charge < -0.3 is 10.6 Å². The van der Waals surface area contributed by atoms with Gasteiger partial charge in [-0.3, -0.25) is 4.79 Å². The second kappa shape index (κ2) is 8.60. The molecule has 3 atom stereocenters. The standard InChI is InChI=1S/C27H25ClN2O/c28-20-12-10-19(11-13-20)27-23-8-4-7-22(23)24-17-21(14-15-25(24)30-27)29-26(31)16-9-18-5-2-1-3-6-18/h1-7,10-15,17,22-23,27,30H,8-9,16H2,(H,29,31). The SMILES string of the molecule is O=C(CCc1ccccc1)Nc1ccc2c(c1)C1C=CCC1C(c1ccc(Cl)cc1)N2. The summed E-state index contributed by atoms with van der Waals surface area (Å²) in [5.74, 6) is 0.848. The number of amides is 1. The van der Waals surface area contributed by atoms with E-state index in [2.05, 4.69) is 59.2 Å². The highest BCUT2D eigenvalue weighted by Crippen LogP contribution is 2.50. The minimum absolute atomic E-state index is 0.0464. The molecule has 0 spiro atoms. The maximum atomic E-state index is 12.5. The van der Waals surface area contributed by atoms with Crippen LogP contribution in [0.2, 0.25) is 5.02 Å². The number of anilines is 2. The molecule has 3 aromatic rings. The predicted molar refractivity (Wildman–Crippen MR) is 128 cm³/mol. The summed E-state index contributed by atoms with van der Waals surface area (Å²) < 4.78 is 0. The summed E-state index contributed by atoms with van der Waals surface area (Å²) in [5.41, 5.74) is 5.69. The number of fused-ring (bicyclic) bond motifs is 3. The number of allylic oxidation sites excluding steroid dienone is 2. The van der Waals surface area contributed by atoms with Gasteiger partial charge in [0.2, 0.25) is 5.91 Å². The van der Waals surface area contributed by atoms with Crippen LogP contribution in [0.25, 0.3) is 0 Å². The van der Waals surface area contributed by atoms with Crippen molar-refractivity contribution in [3.8, 4) is 0 Å². The van der Waals surface area contributed by atoms with E-state index >= 15 is 0 Å². The Hall–Kier alpha value is -3.04. The first kappa shape index (κ1) is 19.9. The van der Waals surface area contributed by atoms with Crippen LogP contribution in [0.1, 0.15) is 41.5 Å². The van der Waals surface area contributed by atoms with Gasteiger partial charge in [0.05, 0.1) is 6.04 Å². The number of aryl methyl sites for hydroxylation is 1. The Balaban J connectivity index is 1.32. The van der Waals surface area contributed by atoms with Crippen LogP contribution in [0.3, 0.4) is 0 Å². The first-order chi connectivity index (χ1) is 15.2. The summed E-state index contributed by atoms with van der Waals surface area (Å²) in [5, 5.41) is 7.58. The molecule has 0 aromatic heterocycles. The minimum Gasteiger partial charge on any atom is -0.378 e. The molecule has 2 N–H and O–H groups in total. The summed E-state index contributed by atoms with van der Waals surface area (Å²) in [7, 11) is 0. The lowest BCUT2D eigenvalue weighted by Crippen LogP contribution is -2.29. The molecule has 156 valence electrons. The Kier molecular flexibility index (Phi) is 5.52. The molecule has 1 aliphatic carbocycles. The molecular weight excluding hydrogens is 404 g/mol. The van der Waals surface area contributed by atoms with Crippen molar-refractivity contribution in [2.45, 2.75) is 31.2 Å². The molecule has 0 radical (unpaired) electrons. The molecule has 3 unspecified atom stereocenters. The highest BCUT2D eigenvalue weighted by molar-refractivity contribution is 6.30. The molecule has 0 saturated heterocycles. The third-order valence-corrected chi connectivity index (χ3v) is 6.61. The summed E-state index contributed by atoms with van der Waals surface area (Å²) >= 11 is 6.09. The predicted octanol–water partition coefficient (Wildman–Crippen LogP) is 6.74. The lowest BCUT2D eigenvalue weighted by atomic mass is 9.77. The van der Waals surface area contributed by atoms with Gasteiger partial charge in [-0.25, -0.2) is 0 Å². The largest absolute Gasteiger partial charge is 0.378 e. The summed E-state index contributed by atoms with van der Waals surface area (Å²) in [6.45, 7) is 0. The molecule has 1 aliphatic heterocycles. The van der Waals surface area contributed by atoms with Gasteiger partial charge >= 0.3 is 0 Å². The van der Waals surface area contributed by atoms with Gasteiger partial charge in [0, 0.05) is 28.7 Å². The van der Waals surface area contributed by atoms with Crippen molar-refractivity contribution in [1.82, 2.24) is 0 Å².